The minimum atomic E-state index is -0.822. The Hall–Kier alpha value is -3.87. The number of nitrogens with two attached hydrogens (primary N) is 1. The zero-order valence-electron chi connectivity index (χ0n) is 16.1. The number of carboxylic acid groups (broad SMARTS) is 1. The molecule has 0 unspecified atom stereocenters. The van der Waals surface area contributed by atoms with Gasteiger partial charge in [-0.05, 0) is 19.4 Å². The molecule has 13 heteroatoms. The summed E-state index contributed by atoms with van der Waals surface area (Å²) in [6.45, 7) is 1.83. The van der Waals surface area contributed by atoms with E-state index in [0.717, 1.165) is 18.7 Å². The summed E-state index contributed by atoms with van der Waals surface area (Å²) in [4.78, 5) is 19.4. The number of carbonyl (C=O) groups is 1. The van der Waals surface area contributed by atoms with E-state index in [1.807, 2.05) is 6.20 Å². The van der Waals surface area contributed by atoms with Gasteiger partial charge in [0.2, 0.25) is 5.95 Å². The Balaban J connectivity index is 1.50. The van der Waals surface area contributed by atoms with Crippen molar-refractivity contribution in [1.82, 2.24) is 44.5 Å². The molecule has 0 bridgehead atoms. The molecule has 4 N–H and O–H groups in total. The van der Waals surface area contributed by atoms with E-state index >= 15 is 0 Å². The lowest BCUT2D eigenvalue weighted by atomic mass is 10.3. The van der Waals surface area contributed by atoms with Gasteiger partial charge in [0, 0.05) is 25.7 Å². The first-order valence-electron chi connectivity index (χ1n) is 9.45. The van der Waals surface area contributed by atoms with E-state index in [2.05, 4.69) is 35.8 Å². The van der Waals surface area contributed by atoms with E-state index in [1.54, 1.807) is 38.8 Å². The Bertz CT molecular complexity index is 1150. The summed E-state index contributed by atoms with van der Waals surface area (Å²) < 4.78 is 5.07. The molecule has 0 fully saturated rings. The van der Waals surface area contributed by atoms with Crippen molar-refractivity contribution < 1.29 is 9.90 Å². The zero-order valence-corrected chi connectivity index (χ0v) is 16.1. The summed E-state index contributed by atoms with van der Waals surface area (Å²) in [5.74, 6) is -0.455. The molecule has 4 rings (SSSR count). The third kappa shape index (κ3) is 4.41. The summed E-state index contributed by atoms with van der Waals surface area (Å²) in [5, 5.41) is 28.6. The third-order valence-corrected chi connectivity index (χ3v) is 4.32. The number of fused-ring (bicyclic) bond motifs is 1. The molecule has 0 aliphatic carbocycles. The quantitative estimate of drug-likeness (QED) is 0.335. The fraction of sp³-hybridized carbons (Fsp3) is 0.353. The molecule has 0 aliphatic heterocycles. The van der Waals surface area contributed by atoms with Gasteiger partial charge < -0.3 is 16.2 Å². The monoisotopic (exact) mass is 411 g/mol. The second-order valence-electron chi connectivity index (χ2n) is 6.62. The van der Waals surface area contributed by atoms with Crippen molar-refractivity contribution in [3.05, 3.63) is 31.0 Å². The van der Waals surface area contributed by atoms with Crippen LogP contribution in [0.2, 0.25) is 0 Å². The highest BCUT2D eigenvalue weighted by Crippen LogP contribution is 2.17. The number of rotatable bonds is 10. The van der Waals surface area contributed by atoms with Gasteiger partial charge in [0.15, 0.2) is 11.2 Å². The first kappa shape index (κ1) is 19.4. The van der Waals surface area contributed by atoms with Gasteiger partial charge in [0.1, 0.15) is 5.69 Å². The summed E-state index contributed by atoms with van der Waals surface area (Å²) >= 11 is 0. The van der Waals surface area contributed by atoms with Crippen LogP contribution >= 0.6 is 0 Å². The van der Waals surface area contributed by atoms with Gasteiger partial charge in [-0.2, -0.15) is 19.9 Å². The van der Waals surface area contributed by atoms with Crippen LogP contribution in [0.1, 0.15) is 19.3 Å². The number of hydrogen-bond acceptors (Lipinski definition) is 9. The van der Waals surface area contributed by atoms with Crippen molar-refractivity contribution in [3.8, 4) is 5.69 Å². The standard InChI is InChI=1S/C17H21N11O2/c18-4-2-6-27-11-13(8-21-27)28-16-14(24-25-28)9-19-17(23-16)22-12-7-20-26(10-12)5-1-3-15(29)30/h7-11H,1-6,18H2,(H,29,30)(H,19,22,23). The molecule has 0 spiro atoms. The van der Waals surface area contributed by atoms with Crippen molar-refractivity contribution in [2.45, 2.75) is 32.4 Å². The Morgan fingerprint density at radius 1 is 1.10 bits per heavy atom. The molecule has 0 saturated heterocycles. The van der Waals surface area contributed by atoms with Crippen molar-refractivity contribution in [3.63, 3.8) is 0 Å². The van der Waals surface area contributed by atoms with Crippen molar-refractivity contribution >= 4 is 28.8 Å². The minimum Gasteiger partial charge on any atom is -0.481 e. The average Bonchev–Trinajstić information content (AvgIpc) is 3.45. The van der Waals surface area contributed by atoms with Crippen LogP contribution in [0, 0.1) is 0 Å². The van der Waals surface area contributed by atoms with E-state index in [-0.39, 0.29) is 6.42 Å². The van der Waals surface area contributed by atoms with Crippen molar-refractivity contribution in [1.29, 1.82) is 0 Å². The molecular weight excluding hydrogens is 390 g/mol. The zero-order chi connectivity index (χ0) is 20.9. The van der Waals surface area contributed by atoms with E-state index in [4.69, 9.17) is 10.8 Å². The molecule has 4 heterocycles. The number of carboxylic acids is 1. The second-order valence-corrected chi connectivity index (χ2v) is 6.62. The predicted molar refractivity (Wildman–Crippen MR) is 106 cm³/mol. The maximum absolute atomic E-state index is 10.6. The Morgan fingerprint density at radius 2 is 1.90 bits per heavy atom. The molecule has 30 heavy (non-hydrogen) atoms. The fourth-order valence-corrected chi connectivity index (χ4v) is 2.87. The molecule has 0 aliphatic rings. The Kier molecular flexibility index (Phi) is 5.61. The van der Waals surface area contributed by atoms with Crippen LogP contribution in [0.25, 0.3) is 16.9 Å². The predicted octanol–water partition coefficient (Wildman–Crippen LogP) is 0.561. The molecule has 0 atom stereocenters. The van der Waals surface area contributed by atoms with Crippen LogP contribution in [-0.2, 0) is 17.9 Å². The summed E-state index contributed by atoms with van der Waals surface area (Å²) in [6.07, 6.45) is 9.98. The molecule has 13 nitrogen and oxygen atoms in total. The van der Waals surface area contributed by atoms with Gasteiger partial charge in [0.05, 0.1) is 30.5 Å². The molecule has 0 amide bonds. The average molecular weight is 411 g/mol. The highest BCUT2D eigenvalue weighted by molar-refractivity contribution is 5.72. The largest absolute Gasteiger partial charge is 0.481 e. The van der Waals surface area contributed by atoms with Gasteiger partial charge in [-0.3, -0.25) is 14.2 Å². The number of anilines is 2. The molecule has 0 radical (unpaired) electrons. The lowest BCUT2D eigenvalue weighted by molar-refractivity contribution is -0.137. The van der Waals surface area contributed by atoms with Crippen LogP contribution in [0.4, 0.5) is 11.6 Å². The van der Waals surface area contributed by atoms with Gasteiger partial charge in [-0.1, -0.05) is 5.21 Å². The van der Waals surface area contributed by atoms with Crippen molar-refractivity contribution in [2.75, 3.05) is 11.9 Å². The highest BCUT2D eigenvalue weighted by atomic mass is 16.4. The summed E-state index contributed by atoms with van der Waals surface area (Å²) in [6, 6.07) is 0. The van der Waals surface area contributed by atoms with Gasteiger partial charge in [-0.15, -0.1) is 5.10 Å². The number of aryl methyl sites for hydroxylation is 2. The van der Waals surface area contributed by atoms with E-state index < -0.39 is 5.97 Å². The number of hydrogen-bond donors (Lipinski definition) is 3. The van der Waals surface area contributed by atoms with Gasteiger partial charge >= 0.3 is 5.97 Å². The van der Waals surface area contributed by atoms with Crippen LogP contribution in [0.3, 0.4) is 0 Å². The number of aliphatic carboxylic acids is 1. The molecule has 156 valence electrons. The molecular formula is C17H21N11O2. The van der Waals surface area contributed by atoms with E-state index in [9.17, 15) is 4.79 Å². The third-order valence-electron chi connectivity index (χ3n) is 4.32. The van der Waals surface area contributed by atoms with Crippen LogP contribution < -0.4 is 11.1 Å². The minimum absolute atomic E-state index is 0.0994. The summed E-state index contributed by atoms with van der Waals surface area (Å²) in [5.41, 5.74) is 8.08. The van der Waals surface area contributed by atoms with Gasteiger partial charge in [-0.25, -0.2) is 4.98 Å². The maximum atomic E-state index is 10.6. The molecule has 4 aromatic rings. The SMILES string of the molecule is NCCCn1cc(-n2nnc3cnc(Nc4cnn(CCCC(=O)O)c4)nc32)cn1. The topological polar surface area (TPSA) is 167 Å². The Labute approximate surface area is 170 Å². The molecule has 0 saturated carbocycles. The second kappa shape index (κ2) is 8.65. The normalized spacial score (nSPS) is 11.2. The van der Waals surface area contributed by atoms with Crippen LogP contribution in [-0.4, -0.2) is 62.1 Å². The van der Waals surface area contributed by atoms with E-state index in [1.165, 1.54) is 0 Å². The first-order valence-corrected chi connectivity index (χ1v) is 9.45. The fourth-order valence-electron chi connectivity index (χ4n) is 2.87. The lowest BCUT2D eigenvalue weighted by Gasteiger charge is -2.02. The first-order chi connectivity index (χ1) is 14.6. The van der Waals surface area contributed by atoms with Crippen molar-refractivity contribution in [2.24, 2.45) is 5.73 Å². The lowest BCUT2D eigenvalue weighted by Crippen LogP contribution is -2.06. The smallest absolute Gasteiger partial charge is 0.303 e. The highest BCUT2D eigenvalue weighted by Gasteiger charge is 2.12. The van der Waals surface area contributed by atoms with Crippen LogP contribution in [0.5, 0.6) is 0 Å². The number of nitrogens with one attached hydrogen (secondary N) is 1. The molecule has 0 aromatic carbocycles. The maximum Gasteiger partial charge on any atom is 0.303 e. The number of aromatic nitrogens is 9. The molecule has 4 aromatic heterocycles. The Morgan fingerprint density at radius 3 is 2.73 bits per heavy atom. The van der Waals surface area contributed by atoms with E-state index in [0.29, 0.717) is 42.3 Å². The summed E-state index contributed by atoms with van der Waals surface area (Å²) in [7, 11) is 0. The van der Waals surface area contributed by atoms with Crippen LogP contribution in [0.15, 0.2) is 31.0 Å². The number of nitrogens with zero attached hydrogens (tertiary/aromatic N) is 9. The van der Waals surface area contributed by atoms with Gasteiger partial charge in [0.25, 0.3) is 0 Å².